The fourth-order valence-electron chi connectivity index (χ4n) is 2.14. The van der Waals surface area contributed by atoms with Gasteiger partial charge in [0, 0.05) is 39.1 Å². The normalized spacial score (nSPS) is 25.1. The number of piperidine rings is 1. The van der Waals surface area contributed by atoms with E-state index >= 15 is 0 Å². The highest BCUT2D eigenvalue weighted by Crippen LogP contribution is 2.16. The Morgan fingerprint density at radius 2 is 2.44 bits per heavy atom. The van der Waals surface area contributed by atoms with Gasteiger partial charge in [0.05, 0.1) is 18.4 Å². The number of methoxy groups -OCH3 is 1. The molecule has 6 nitrogen and oxygen atoms in total. The van der Waals surface area contributed by atoms with E-state index in [1.807, 2.05) is 13.8 Å². The summed E-state index contributed by atoms with van der Waals surface area (Å²) in [6.45, 7) is 6.47. The first-order chi connectivity index (χ1) is 8.60. The molecule has 1 heterocycles. The SMILES string of the molecule is COCCNC(=O)C(C)N1CCC(=NO)C(C)C1. The Kier molecular flexibility index (Phi) is 6.07. The Balaban J connectivity index is 2.43. The van der Waals surface area contributed by atoms with Gasteiger partial charge in [0.25, 0.3) is 0 Å². The molecule has 0 saturated carbocycles. The number of nitrogens with one attached hydrogen (secondary N) is 1. The molecule has 0 aliphatic carbocycles. The number of hydrogen-bond donors (Lipinski definition) is 2. The van der Waals surface area contributed by atoms with Gasteiger partial charge in [-0.05, 0) is 6.92 Å². The largest absolute Gasteiger partial charge is 0.411 e. The molecule has 1 saturated heterocycles. The van der Waals surface area contributed by atoms with Crippen LogP contribution in [0.2, 0.25) is 0 Å². The van der Waals surface area contributed by atoms with Crippen molar-refractivity contribution in [2.75, 3.05) is 33.4 Å². The molecule has 2 N–H and O–H groups in total. The summed E-state index contributed by atoms with van der Waals surface area (Å²) in [4.78, 5) is 14.0. The molecule has 2 unspecified atom stereocenters. The molecule has 1 amide bonds. The minimum absolute atomic E-state index is 0.0173. The van der Waals surface area contributed by atoms with Crippen molar-refractivity contribution in [3.8, 4) is 0 Å². The Labute approximate surface area is 108 Å². The number of likely N-dealkylation sites (tertiary alicyclic amines) is 1. The minimum atomic E-state index is -0.162. The molecule has 1 rings (SSSR count). The van der Waals surface area contributed by atoms with Crippen LogP contribution in [-0.4, -0.2) is 61.1 Å². The number of hydrogen-bond acceptors (Lipinski definition) is 5. The average Bonchev–Trinajstić information content (AvgIpc) is 2.38. The predicted octanol–water partition coefficient (Wildman–Crippen LogP) is 0.310. The van der Waals surface area contributed by atoms with Gasteiger partial charge in [0.2, 0.25) is 5.91 Å². The van der Waals surface area contributed by atoms with Crippen LogP contribution in [0, 0.1) is 5.92 Å². The molecule has 0 aromatic rings. The third-order valence-corrected chi connectivity index (χ3v) is 3.39. The first kappa shape index (κ1) is 14.9. The zero-order valence-electron chi connectivity index (χ0n) is 11.3. The van der Waals surface area contributed by atoms with Gasteiger partial charge in [-0.2, -0.15) is 0 Å². The molecule has 0 spiro atoms. The van der Waals surface area contributed by atoms with Crippen LogP contribution in [-0.2, 0) is 9.53 Å². The lowest BCUT2D eigenvalue weighted by Gasteiger charge is -2.35. The molecule has 0 aromatic carbocycles. The van der Waals surface area contributed by atoms with Gasteiger partial charge in [-0.15, -0.1) is 0 Å². The summed E-state index contributed by atoms with van der Waals surface area (Å²) in [7, 11) is 1.61. The van der Waals surface area contributed by atoms with Gasteiger partial charge >= 0.3 is 0 Å². The quantitative estimate of drug-likeness (QED) is 0.422. The van der Waals surface area contributed by atoms with Gasteiger partial charge in [0.1, 0.15) is 0 Å². The van der Waals surface area contributed by atoms with Crippen LogP contribution in [0.1, 0.15) is 20.3 Å². The van der Waals surface area contributed by atoms with Crippen LogP contribution < -0.4 is 5.32 Å². The second-order valence-corrected chi connectivity index (χ2v) is 4.70. The number of amides is 1. The molecule has 0 bridgehead atoms. The summed E-state index contributed by atoms with van der Waals surface area (Å²) < 4.78 is 4.89. The Morgan fingerprint density at radius 1 is 1.72 bits per heavy atom. The second-order valence-electron chi connectivity index (χ2n) is 4.70. The number of rotatable bonds is 5. The Bertz CT molecular complexity index is 307. The zero-order chi connectivity index (χ0) is 13.5. The second kappa shape index (κ2) is 7.33. The lowest BCUT2D eigenvalue weighted by atomic mass is 9.96. The summed E-state index contributed by atoms with van der Waals surface area (Å²) in [5, 5.41) is 15.0. The third kappa shape index (κ3) is 3.96. The Hall–Kier alpha value is -1.14. The monoisotopic (exact) mass is 257 g/mol. The van der Waals surface area contributed by atoms with Gasteiger partial charge in [0.15, 0.2) is 0 Å². The topological polar surface area (TPSA) is 74.2 Å². The minimum Gasteiger partial charge on any atom is -0.411 e. The highest BCUT2D eigenvalue weighted by atomic mass is 16.5. The molecule has 18 heavy (non-hydrogen) atoms. The van der Waals surface area contributed by atoms with Gasteiger partial charge < -0.3 is 15.3 Å². The van der Waals surface area contributed by atoms with E-state index in [0.29, 0.717) is 19.6 Å². The number of carbonyl (C=O) groups is 1. The van der Waals surface area contributed by atoms with E-state index in [4.69, 9.17) is 9.94 Å². The van der Waals surface area contributed by atoms with Crippen LogP contribution in [0.25, 0.3) is 0 Å². The average molecular weight is 257 g/mol. The summed E-state index contributed by atoms with van der Waals surface area (Å²) in [6.07, 6.45) is 0.716. The van der Waals surface area contributed by atoms with E-state index in [1.165, 1.54) is 0 Å². The van der Waals surface area contributed by atoms with E-state index < -0.39 is 0 Å². The van der Waals surface area contributed by atoms with Crippen molar-refractivity contribution in [3.63, 3.8) is 0 Å². The number of carbonyl (C=O) groups excluding carboxylic acids is 1. The third-order valence-electron chi connectivity index (χ3n) is 3.39. The fraction of sp³-hybridized carbons (Fsp3) is 0.833. The standard InChI is InChI=1S/C12H23N3O3/c1-9-8-15(6-4-11(9)14-17)10(2)12(16)13-5-7-18-3/h9-10,17H,4-8H2,1-3H3,(H,13,16). The molecule has 0 aromatic heterocycles. The number of oxime groups is 1. The van der Waals surface area contributed by atoms with E-state index in [2.05, 4.69) is 15.4 Å². The molecular weight excluding hydrogens is 234 g/mol. The highest BCUT2D eigenvalue weighted by Gasteiger charge is 2.28. The van der Waals surface area contributed by atoms with Crippen LogP contribution in [0.4, 0.5) is 0 Å². The van der Waals surface area contributed by atoms with Gasteiger partial charge in [-0.1, -0.05) is 12.1 Å². The van der Waals surface area contributed by atoms with Crippen LogP contribution >= 0.6 is 0 Å². The molecule has 0 radical (unpaired) electrons. The molecule has 2 atom stereocenters. The smallest absolute Gasteiger partial charge is 0.237 e. The lowest BCUT2D eigenvalue weighted by molar-refractivity contribution is -0.126. The van der Waals surface area contributed by atoms with Crippen molar-refractivity contribution in [1.82, 2.24) is 10.2 Å². The van der Waals surface area contributed by atoms with Crippen LogP contribution in [0.15, 0.2) is 5.16 Å². The van der Waals surface area contributed by atoms with Gasteiger partial charge in [-0.3, -0.25) is 9.69 Å². The number of nitrogens with zero attached hydrogens (tertiary/aromatic N) is 2. The van der Waals surface area contributed by atoms with Crippen molar-refractivity contribution in [2.45, 2.75) is 26.3 Å². The summed E-state index contributed by atoms with van der Waals surface area (Å²) in [5.41, 5.74) is 0.818. The van der Waals surface area contributed by atoms with Gasteiger partial charge in [-0.25, -0.2) is 0 Å². The van der Waals surface area contributed by atoms with Crippen molar-refractivity contribution < 1.29 is 14.7 Å². The predicted molar refractivity (Wildman–Crippen MR) is 68.9 cm³/mol. The maximum Gasteiger partial charge on any atom is 0.237 e. The molecule has 104 valence electrons. The molecule has 1 aliphatic heterocycles. The van der Waals surface area contributed by atoms with E-state index in [1.54, 1.807) is 7.11 Å². The summed E-state index contributed by atoms with van der Waals surface area (Å²) in [5.74, 6) is 0.210. The number of ether oxygens (including phenoxy) is 1. The first-order valence-electron chi connectivity index (χ1n) is 6.31. The van der Waals surface area contributed by atoms with E-state index in [-0.39, 0.29) is 17.9 Å². The maximum atomic E-state index is 11.9. The summed E-state index contributed by atoms with van der Waals surface area (Å²) in [6, 6.07) is -0.162. The van der Waals surface area contributed by atoms with Crippen molar-refractivity contribution in [2.24, 2.45) is 11.1 Å². The van der Waals surface area contributed by atoms with Crippen molar-refractivity contribution >= 4 is 11.6 Å². The molecule has 1 aliphatic rings. The van der Waals surface area contributed by atoms with E-state index in [9.17, 15) is 4.79 Å². The first-order valence-corrected chi connectivity index (χ1v) is 6.31. The van der Waals surface area contributed by atoms with Crippen LogP contribution in [0.5, 0.6) is 0 Å². The van der Waals surface area contributed by atoms with Crippen LogP contribution in [0.3, 0.4) is 0 Å². The molecular formula is C12H23N3O3. The lowest BCUT2D eigenvalue weighted by Crippen LogP contribution is -2.51. The fourth-order valence-corrected chi connectivity index (χ4v) is 2.14. The Morgan fingerprint density at radius 3 is 3.00 bits per heavy atom. The zero-order valence-corrected chi connectivity index (χ0v) is 11.3. The molecule has 6 heteroatoms. The molecule has 1 fully saturated rings. The highest BCUT2D eigenvalue weighted by molar-refractivity contribution is 5.87. The van der Waals surface area contributed by atoms with Crippen molar-refractivity contribution in [1.29, 1.82) is 0 Å². The summed E-state index contributed by atoms with van der Waals surface area (Å²) >= 11 is 0. The maximum absolute atomic E-state index is 11.9. The van der Waals surface area contributed by atoms with E-state index in [0.717, 1.165) is 18.8 Å². The van der Waals surface area contributed by atoms with Crippen molar-refractivity contribution in [3.05, 3.63) is 0 Å².